The summed E-state index contributed by atoms with van der Waals surface area (Å²) in [6, 6.07) is 9.98. The summed E-state index contributed by atoms with van der Waals surface area (Å²) in [5, 5.41) is 0. The molecule has 0 saturated heterocycles. The largest absolute Gasteiger partial charge is 0.461 e. The van der Waals surface area contributed by atoms with Crippen molar-refractivity contribution in [2.24, 2.45) is 38.9 Å². The Morgan fingerprint density at radius 2 is 1.20 bits per heavy atom. The van der Waals surface area contributed by atoms with Gasteiger partial charge in [-0.15, -0.1) is 0 Å². The first kappa shape index (κ1) is 23.6. The summed E-state index contributed by atoms with van der Waals surface area (Å²) in [4.78, 5) is 27.9. The summed E-state index contributed by atoms with van der Waals surface area (Å²) in [7, 11) is 0. The lowest BCUT2D eigenvalue weighted by Gasteiger charge is -2.40. The van der Waals surface area contributed by atoms with Crippen molar-refractivity contribution in [1.82, 2.24) is 0 Å². The van der Waals surface area contributed by atoms with Gasteiger partial charge in [-0.2, -0.15) is 0 Å². The quantitative estimate of drug-likeness (QED) is 0.350. The number of benzene rings is 1. The zero-order valence-corrected chi connectivity index (χ0v) is 22.4. The van der Waals surface area contributed by atoms with Crippen LogP contribution in [0.3, 0.4) is 0 Å². The third-order valence-electron chi connectivity index (χ3n) is 12.8. The molecular formula is C31H42O4. The van der Waals surface area contributed by atoms with Gasteiger partial charge in [-0.05, 0) is 73.2 Å². The van der Waals surface area contributed by atoms with E-state index in [2.05, 4.69) is 41.5 Å². The number of carbonyl (C=O) groups excluding carboxylic acids is 2. The Labute approximate surface area is 210 Å². The van der Waals surface area contributed by atoms with Crippen LogP contribution in [0.4, 0.5) is 0 Å². The zero-order valence-electron chi connectivity index (χ0n) is 22.4. The second kappa shape index (κ2) is 7.13. The third-order valence-corrected chi connectivity index (χ3v) is 12.8. The highest BCUT2D eigenvalue weighted by atomic mass is 16.6. The number of ether oxygens (including phenoxy) is 2. The lowest BCUT2D eigenvalue weighted by molar-refractivity contribution is -0.179. The Balaban J connectivity index is 1.27. The molecule has 6 rings (SSSR count). The predicted octanol–water partition coefficient (Wildman–Crippen LogP) is 6.68. The first-order chi connectivity index (χ1) is 16.4. The Kier molecular flexibility index (Phi) is 4.80. The SMILES string of the molecule is CC1(C)[C@H]2CC[C@]1(C)[C@H](OC(=O)C1(C(=O)O[C@@H]3C[C@@H]4CC[C@@]3(C)C4(C)C)C[C@H]1c1ccccc1)C2. The molecule has 1 aromatic carbocycles. The van der Waals surface area contributed by atoms with Gasteiger partial charge >= 0.3 is 11.9 Å². The highest BCUT2D eigenvalue weighted by molar-refractivity contribution is 6.05. The summed E-state index contributed by atoms with van der Waals surface area (Å²) in [5.74, 6) is 0.293. The van der Waals surface area contributed by atoms with Crippen LogP contribution in [0.25, 0.3) is 0 Å². The van der Waals surface area contributed by atoms with Crippen LogP contribution in [-0.2, 0) is 19.1 Å². The van der Waals surface area contributed by atoms with Gasteiger partial charge in [-0.3, -0.25) is 9.59 Å². The van der Waals surface area contributed by atoms with E-state index in [9.17, 15) is 9.59 Å². The van der Waals surface area contributed by atoms with Gasteiger partial charge < -0.3 is 9.47 Å². The normalized spacial score (nSPS) is 43.2. The monoisotopic (exact) mass is 478 g/mol. The smallest absolute Gasteiger partial charge is 0.324 e. The van der Waals surface area contributed by atoms with Crippen molar-refractivity contribution < 1.29 is 19.1 Å². The minimum absolute atomic E-state index is 0.0301. The van der Waals surface area contributed by atoms with Crippen molar-refractivity contribution in [3.8, 4) is 0 Å². The standard InChI is InChI=1S/C31H42O4/c1-27(2)20-12-14-29(27,5)23(16-20)34-25(32)31(18-22(31)19-10-8-7-9-11-19)26(33)35-24-17-21-13-15-30(24,6)28(21,3)4/h7-11,20-24H,12-18H2,1-6H3/t20-,21-,22-,23+,24+,29+,30+/m0/s1. The molecular weight excluding hydrogens is 436 g/mol. The molecule has 5 aliphatic rings. The fraction of sp³-hybridized carbons (Fsp3) is 0.742. The van der Waals surface area contributed by atoms with Crippen molar-refractivity contribution >= 4 is 11.9 Å². The molecule has 0 amide bonds. The summed E-state index contributed by atoms with van der Waals surface area (Å²) in [6.45, 7) is 13.9. The van der Waals surface area contributed by atoms with Crippen LogP contribution in [-0.4, -0.2) is 24.1 Å². The highest BCUT2D eigenvalue weighted by Crippen LogP contribution is 2.69. The van der Waals surface area contributed by atoms with E-state index in [1.54, 1.807) is 0 Å². The number of rotatable bonds is 5. The molecule has 4 bridgehead atoms. The molecule has 0 aromatic heterocycles. The van der Waals surface area contributed by atoms with E-state index >= 15 is 0 Å². The maximum atomic E-state index is 14.0. The number of hydrogen-bond donors (Lipinski definition) is 0. The van der Waals surface area contributed by atoms with Gasteiger partial charge in [0.15, 0.2) is 5.41 Å². The van der Waals surface area contributed by atoms with E-state index < -0.39 is 5.41 Å². The van der Waals surface area contributed by atoms with Crippen LogP contribution in [0.15, 0.2) is 30.3 Å². The van der Waals surface area contributed by atoms with Crippen molar-refractivity contribution in [2.45, 2.75) is 105 Å². The van der Waals surface area contributed by atoms with Gasteiger partial charge in [0, 0.05) is 16.7 Å². The zero-order chi connectivity index (χ0) is 25.0. The van der Waals surface area contributed by atoms with Gasteiger partial charge in [-0.1, -0.05) is 71.9 Å². The van der Waals surface area contributed by atoms with Crippen molar-refractivity contribution in [2.75, 3.05) is 0 Å². The first-order valence-electron chi connectivity index (χ1n) is 13.8. The van der Waals surface area contributed by atoms with E-state index in [4.69, 9.17) is 9.47 Å². The minimum atomic E-state index is -1.20. The second-order valence-corrected chi connectivity index (χ2v) is 14.1. The Morgan fingerprint density at radius 3 is 1.57 bits per heavy atom. The first-order valence-corrected chi connectivity index (χ1v) is 13.8. The van der Waals surface area contributed by atoms with Crippen LogP contribution in [0.5, 0.6) is 0 Å². The van der Waals surface area contributed by atoms with Gasteiger partial charge in [0.1, 0.15) is 12.2 Å². The molecule has 0 aliphatic heterocycles. The predicted molar refractivity (Wildman–Crippen MR) is 134 cm³/mol. The number of hydrogen-bond acceptors (Lipinski definition) is 4. The van der Waals surface area contributed by atoms with Crippen molar-refractivity contribution in [3.05, 3.63) is 35.9 Å². The van der Waals surface area contributed by atoms with Crippen molar-refractivity contribution in [1.29, 1.82) is 0 Å². The third kappa shape index (κ3) is 2.86. The molecule has 35 heavy (non-hydrogen) atoms. The molecule has 5 fully saturated rings. The molecule has 5 saturated carbocycles. The minimum Gasteiger partial charge on any atom is -0.461 e. The molecule has 7 atom stereocenters. The Morgan fingerprint density at radius 1 is 0.743 bits per heavy atom. The summed E-state index contributed by atoms with van der Waals surface area (Å²) in [5.41, 5.74) is 0.0657. The van der Waals surface area contributed by atoms with E-state index in [1.807, 2.05) is 30.3 Å². The van der Waals surface area contributed by atoms with Crippen molar-refractivity contribution in [3.63, 3.8) is 0 Å². The van der Waals surface area contributed by atoms with Crippen LogP contribution in [0, 0.1) is 38.9 Å². The Bertz CT molecular complexity index is 999. The van der Waals surface area contributed by atoms with E-state index in [1.165, 1.54) is 12.8 Å². The lowest BCUT2D eigenvalue weighted by atomic mass is 9.70. The van der Waals surface area contributed by atoms with Crippen LogP contribution >= 0.6 is 0 Å². The summed E-state index contributed by atoms with van der Waals surface area (Å²) in [6.07, 6.45) is 6.64. The molecule has 4 heteroatoms. The molecule has 190 valence electrons. The average molecular weight is 479 g/mol. The second-order valence-electron chi connectivity index (χ2n) is 14.1. The molecule has 0 heterocycles. The molecule has 0 spiro atoms. The summed E-state index contributed by atoms with van der Waals surface area (Å²) >= 11 is 0. The molecule has 0 unspecified atom stereocenters. The maximum Gasteiger partial charge on any atom is 0.324 e. The van der Waals surface area contributed by atoms with Gasteiger partial charge in [0.05, 0.1) is 0 Å². The van der Waals surface area contributed by atoms with Crippen LogP contribution < -0.4 is 0 Å². The van der Waals surface area contributed by atoms with E-state index in [0.29, 0.717) is 18.3 Å². The lowest BCUT2D eigenvalue weighted by Crippen LogP contribution is -2.44. The van der Waals surface area contributed by atoms with Crippen LogP contribution in [0.1, 0.15) is 98.0 Å². The number of fused-ring (bicyclic) bond motifs is 4. The van der Waals surface area contributed by atoms with Crippen LogP contribution in [0.2, 0.25) is 0 Å². The highest BCUT2D eigenvalue weighted by Gasteiger charge is 2.72. The van der Waals surface area contributed by atoms with Gasteiger partial charge in [0.25, 0.3) is 0 Å². The van der Waals surface area contributed by atoms with Gasteiger partial charge in [0.2, 0.25) is 0 Å². The maximum absolute atomic E-state index is 14.0. The molecule has 0 radical (unpaired) electrons. The fourth-order valence-corrected chi connectivity index (χ4v) is 8.97. The molecule has 5 aliphatic carbocycles. The molecule has 4 nitrogen and oxygen atoms in total. The van der Waals surface area contributed by atoms with Gasteiger partial charge in [-0.25, -0.2) is 0 Å². The van der Waals surface area contributed by atoms with E-state index in [0.717, 1.165) is 31.2 Å². The molecule has 1 aromatic rings. The average Bonchev–Trinajstić information content (AvgIpc) is 3.39. The Hall–Kier alpha value is -1.84. The topological polar surface area (TPSA) is 52.6 Å². The fourth-order valence-electron chi connectivity index (χ4n) is 8.97. The molecule has 0 N–H and O–H groups in total. The summed E-state index contributed by atoms with van der Waals surface area (Å²) < 4.78 is 12.7. The number of esters is 2. The number of carbonyl (C=O) groups is 2. The van der Waals surface area contributed by atoms with E-state index in [-0.39, 0.29) is 51.7 Å².